The van der Waals surface area contributed by atoms with Crippen molar-refractivity contribution in [3.63, 3.8) is 0 Å². The summed E-state index contributed by atoms with van der Waals surface area (Å²) >= 11 is 0. The van der Waals surface area contributed by atoms with Crippen LogP contribution in [0.15, 0.2) is 18.2 Å². The van der Waals surface area contributed by atoms with Crippen molar-refractivity contribution in [1.82, 2.24) is 4.90 Å². The average Bonchev–Trinajstić information content (AvgIpc) is 2.53. The Morgan fingerprint density at radius 1 is 1.32 bits per heavy atom. The van der Waals surface area contributed by atoms with Gasteiger partial charge in [0.25, 0.3) is 0 Å². The number of benzene rings is 1. The van der Waals surface area contributed by atoms with E-state index >= 15 is 0 Å². The largest absolute Gasteiger partial charge is 0.358 e. The lowest BCUT2D eigenvalue weighted by molar-refractivity contribution is -0.130. The molecule has 1 unspecified atom stereocenters. The lowest BCUT2D eigenvalue weighted by atomic mass is 10.1. The van der Waals surface area contributed by atoms with E-state index in [1.54, 1.807) is 4.90 Å². The molecular formula is C15H23N3O. The summed E-state index contributed by atoms with van der Waals surface area (Å²) in [7, 11) is 1.86. The van der Waals surface area contributed by atoms with Gasteiger partial charge in [-0.05, 0) is 37.5 Å². The fourth-order valence-electron chi connectivity index (χ4n) is 2.68. The van der Waals surface area contributed by atoms with Gasteiger partial charge >= 0.3 is 0 Å². The second kappa shape index (κ2) is 5.61. The number of carbonyl (C=O) groups excluding carboxylic acids is 1. The SMILES string of the molecule is Cc1ccc(C)c(N2CCCN(C)C(=O)C2CN)c1. The molecule has 1 aromatic carbocycles. The van der Waals surface area contributed by atoms with Crippen LogP contribution in [0.4, 0.5) is 5.69 Å². The van der Waals surface area contributed by atoms with E-state index in [2.05, 4.69) is 36.9 Å². The summed E-state index contributed by atoms with van der Waals surface area (Å²) in [6, 6.07) is 6.11. The molecule has 4 heteroatoms. The molecule has 4 nitrogen and oxygen atoms in total. The van der Waals surface area contributed by atoms with Gasteiger partial charge in [-0.15, -0.1) is 0 Å². The maximum absolute atomic E-state index is 12.4. The van der Waals surface area contributed by atoms with E-state index in [4.69, 9.17) is 5.73 Å². The van der Waals surface area contributed by atoms with Crippen LogP contribution < -0.4 is 10.6 Å². The monoisotopic (exact) mass is 261 g/mol. The molecule has 19 heavy (non-hydrogen) atoms. The number of hydrogen-bond acceptors (Lipinski definition) is 3. The summed E-state index contributed by atoms with van der Waals surface area (Å²) in [5.74, 6) is 0.126. The van der Waals surface area contributed by atoms with Crippen LogP contribution in [0.5, 0.6) is 0 Å². The number of hydrogen-bond donors (Lipinski definition) is 1. The van der Waals surface area contributed by atoms with Gasteiger partial charge < -0.3 is 15.5 Å². The molecule has 1 atom stereocenters. The Hall–Kier alpha value is -1.55. The van der Waals surface area contributed by atoms with Crippen molar-refractivity contribution in [2.75, 3.05) is 31.6 Å². The minimum atomic E-state index is -0.243. The predicted octanol–water partition coefficient (Wildman–Crippen LogP) is 1.30. The standard InChI is InChI=1S/C15H23N3O/c1-11-5-6-12(2)13(9-11)18-8-4-7-17(3)15(19)14(18)10-16/h5-6,9,14H,4,7-8,10,16H2,1-3H3. The fraction of sp³-hybridized carbons (Fsp3) is 0.533. The molecule has 0 radical (unpaired) electrons. The third-order valence-electron chi connectivity index (χ3n) is 3.83. The van der Waals surface area contributed by atoms with Crippen LogP contribution in [-0.2, 0) is 4.79 Å². The third-order valence-corrected chi connectivity index (χ3v) is 3.83. The van der Waals surface area contributed by atoms with Crippen LogP contribution in [-0.4, -0.2) is 43.5 Å². The molecule has 2 N–H and O–H groups in total. The maximum Gasteiger partial charge on any atom is 0.246 e. The average molecular weight is 261 g/mol. The van der Waals surface area contributed by atoms with E-state index in [0.29, 0.717) is 6.54 Å². The quantitative estimate of drug-likeness (QED) is 0.873. The Morgan fingerprint density at radius 3 is 2.74 bits per heavy atom. The summed E-state index contributed by atoms with van der Waals surface area (Å²) in [4.78, 5) is 16.3. The van der Waals surface area contributed by atoms with Crippen molar-refractivity contribution in [3.05, 3.63) is 29.3 Å². The molecule has 104 valence electrons. The van der Waals surface area contributed by atoms with Crippen molar-refractivity contribution < 1.29 is 4.79 Å². The Labute approximate surface area is 115 Å². The summed E-state index contributed by atoms with van der Waals surface area (Å²) in [5.41, 5.74) is 9.40. The van der Waals surface area contributed by atoms with E-state index in [-0.39, 0.29) is 11.9 Å². The second-order valence-electron chi connectivity index (χ2n) is 5.35. The minimum Gasteiger partial charge on any atom is -0.358 e. The van der Waals surface area contributed by atoms with Gasteiger partial charge in [-0.3, -0.25) is 4.79 Å². The lowest BCUT2D eigenvalue weighted by Crippen LogP contribution is -2.49. The molecule has 1 fully saturated rings. The summed E-state index contributed by atoms with van der Waals surface area (Å²) in [5, 5.41) is 0. The van der Waals surface area contributed by atoms with E-state index in [1.165, 1.54) is 11.1 Å². The summed E-state index contributed by atoms with van der Waals surface area (Å²) < 4.78 is 0. The van der Waals surface area contributed by atoms with Gasteiger partial charge in [0, 0.05) is 32.4 Å². The van der Waals surface area contributed by atoms with Crippen LogP contribution in [0.1, 0.15) is 17.5 Å². The molecule has 0 saturated carbocycles. The Balaban J connectivity index is 2.40. The third kappa shape index (κ3) is 2.73. The van der Waals surface area contributed by atoms with Gasteiger partial charge in [-0.1, -0.05) is 12.1 Å². The first-order valence-corrected chi connectivity index (χ1v) is 6.83. The number of aryl methyl sites for hydroxylation is 2. The maximum atomic E-state index is 12.4. The van der Waals surface area contributed by atoms with Gasteiger partial charge in [0.15, 0.2) is 0 Å². The molecule has 1 aliphatic heterocycles. The second-order valence-corrected chi connectivity index (χ2v) is 5.35. The smallest absolute Gasteiger partial charge is 0.246 e. The van der Waals surface area contributed by atoms with E-state index in [1.807, 2.05) is 7.05 Å². The Bertz CT molecular complexity index is 472. The first kappa shape index (κ1) is 13.9. The Kier molecular flexibility index (Phi) is 4.10. The number of nitrogens with two attached hydrogens (primary N) is 1. The zero-order chi connectivity index (χ0) is 14.0. The van der Waals surface area contributed by atoms with Crippen LogP contribution in [0.25, 0.3) is 0 Å². The molecule has 1 aromatic rings. The van der Waals surface area contributed by atoms with Gasteiger partial charge in [-0.2, -0.15) is 0 Å². The van der Waals surface area contributed by atoms with Crippen LogP contribution >= 0.6 is 0 Å². The zero-order valence-electron chi connectivity index (χ0n) is 12.0. The van der Waals surface area contributed by atoms with Crippen molar-refractivity contribution in [2.45, 2.75) is 26.3 Å². The lowest BCUT2D eigenvalue weighted by Gasteiger charge is -2.32. The highest BCUT2D eigenvalue weighted by atomic mass is 16.2. The molecule has 1 heterocycles. The van der Waals surface area contributed by atoms with Gasteiger partial charge in [0.2, 0.25) is 5.91 Å². The topological polar surface area (TPSA) is 49.6 Å². The number of likely N-dealkylation sites (N-methyl/N-ethyl adjacent to an activating group) is 1. The first-order chi connectivity index (χ1) is 9.04. The molecule has 2 rings (SSSR count). The number of carbonyl (C=O) groups is 1. The minimum absolute atomic E-state index is 0.126. The van der Waals surface area contributed by atoms with Crippen molar-refractivity contribution in [3.8, 4) is 0 Å². The summed E-state index contributed by atoms with van der Waals surface area (Å²) in [6.07, 6.45) is 0.978. The zero-order valence-corrected chi connectivity index (χ0v) is 12.0. The number of nitrogens with zero attached hydrogens (tertiary/aromatic N) is 2. The van der Waals surface area contributed by atoms with Crippen molar-refractivity contribution >= 4 is 11.6 Å². The molecule has 0 aromatic heterocycles. The molecule has 0 spiro atoms. The molecule has 1 aliphatic rings. The molecule has 0 aliphatic carbocycles. The first-order valence-electron chi connectivity index (χ1n) is 6.83. The highest BCUT2D eigenvalue weighted by molar-refractivity contribution is 5.86. The molecule has 1 saturated heterocycles. The van der Waals surface area contributed by atoms with Gasteiger partial charge in [0.1, 0.15) is 6.04 Å². The summed E-state index contributed by atoms with van der Waals surface area (Å²) in [6.45, 7) is 6.20. The fourth-order valence-corrected chi connectivity index (χ4v) is 2.68. The van der Waals surface area contributed by atoms with Crippen LogP contribution in [0.3, 0.4) is 0 Å². The number of amides is 1. The van der Waals surface area contributed by atoms with Gasteiger partial charge in [0.05, 0.1) is 0 Å². The molecule has 1 amide bonds. The molecule has 0 bridgehead atoms. The number of anilines is 1. The van der Waals surface area contributed by atoms with Crippen molar-refractivity contribution in [2.24, 2.45) is 5.73 Å². The van der Waals surface area contributed by atoms with E-state index in [9.17, 15) is 4.79 Å². The number of rotatable bonds is 2. The highest BCUT2D eigenvalue weighted by Gasteiger charge is 2.30. The Morgan fingerprint density at radius 2 is 2.05 bits per heavy atom. The van der Waals surface area contributed by atoms with E-state index < -0.39 is 0 Å². The van der Waals surface area contributed by atoms with Crippen LogP contribution in [0, 0.1) is 13.8 Å². The van der Waals surface area contributed by atoms with Crippen LogP contribution in [0.2, 0.25) is 0 Å². The van der Waals surface area contributed by atoms with Gasteiger partial charge in [-0.25, -0.2) is 0 Å². The molecular weight excluding hydrogens is 238 g/mol. The predicted molar refractivity (Wildman–Crippen MR) is 78.4 cm³/mol. The van der Waals surface area contributed by atoms with E-state index in [0.717, 1.165) is 25.2 Å². The normalized spacial score (nSPS) is 20.6. The highest BCUT2D eigenvalue weighted by Crippen LogP contribution is 2.25. The van der Waals surface area contributed by atoms with Crippen molar-refractivity contribution in [1.29, 1.82) is 0 Å².